The van der Waals surface area contributed by atoms with Crippen LogP contribution >= 0.6 is 27.3 Å². The van der Waals surface area contributed by atoms with Crippen molar-refractivity contribution in [1.29, 1.82) is 0 Å². The number of thiophene rings is 1. The first-order valence-corrected chi connectivity index (χ1v) is 7.15. The molecule has 0 bridgehead atoms. The van der Waals surface area contributed by atoms with Crippen LogP contribution in [-0.2, 0) is 13.5 Å². The normalized spacial score (nSPS) is 12.9. The molecule has 2 aromatic rings. The Hall–Kier alpha value is -0.720. The molecular weight excluding hydrogens is 300 g/mol. The molecule has 0 aliphatic carbocycles. The van der Waals surface area contributed by atoms with Crippen LogP contribution in [-0.4, -0.2) is 21.3 Å². The molecule has 17 heavy (non-hydrogen) atoms. The maximum Gasteiger partial charge on any atom is 0.133 e. The third-order valence-electron chi connectivity index (χ3n) is 2.64. The molecule has 0 aromatic carbocycles. The summed E-state index contributed by atoms with van der Waals surface area (Å²) < 4.78 is 3.13. The summed E-state index contributed by atoms with van der Waals surface area (Å²) >= 11 is 5.32. The zero-order chi connectivity index (χ0) is 12.3. The maximum absolute atomic E-state index is 4.06. The molecule has 0 fully saturated rings. The van der Waals surface area contributed by atoms with Crippen molar-refractivity contribution in [2.75, 3.05) is 6.54 Å². The third kappa shape index (κ3) is 3.14. The Morgan fingerprint density at radius 2 is 2.41 bits per heavy atom. The van der Waals surface area contributed by atoms with Crippen LogP contribution in [0.5, 0.6) is 0 Å². The molecule has 1 unspecified atom stereocenters. The van der Waals surface area contributed by atoms with Crippen molar-refractivity contribution in [2.24, 2.45) is 7.05 Å². The molecule has 92 valence electrons. The smallest absolute Gasteiger partial charge is 0.133 e. The Bertz CT molecular complexity index is 479. The van der Waals surface area contributed by atoms with Crippen LogP contribution in [0.15, 0.2) is 22.2 Å². The molecule has 0 aliphatic heterocycles. The lowest BCUT2D eigenvalue weighted by molar-refractivity contribution is 0.570. The average molecular weight is 315 g/mol. The van der Waals surface area contributed by atoms with Gasteiger partial charge in [0.15, 0.2) is 0 Å². The van der Waals surface area contributed by atoms with Gasteiger partial charge in [-0.1, -0.05) is 0 Å². The van der Waals surface area contributed by atoms with E-state index in [1.807, 2.05) is 11.6 Å². The van der Waals surface area contributed by atoms with Gasteiger partial charge in [-0.2, -0.15) is 0 Å². The van der Waals surface area contributed by atoms with Crippen molar-refractivity contribution in [2.45, 2.75) is 19.4 Å². The van der Waals surface area contributed by atoms with Gasteiger partial charge in [0.05, 0.1) is 0 Å². The van der Waals surface area contributed by atoms with E-state index in [4.69, 9.17) is 0 Å². The highest BCUT2D eigenvalue weighted by molar-refractivity contribution is 9.10. The molecule has 0 amide bonds. The summed E-state index contributed by atoms with van der Waals surface area (Å²) in [6.07, 6.45) is 2.62. The van der Waals surface area contributed by atoms with Crippen LogP contribution in [0.1, 0.15) is 23.7 Å². The number of halogens is 1. The summed E-state index contributed by atoms with van der Waals surface area (Å²) in [5, 5.41) is 13.5. The summed E-state index contributed by atoms with van der Waals surface area (Å²) in [6, 6.07) is 2.44. The third-order valence-corrected chi connectivity index (χ3v) is 4.70. The minimum atomic E-state index is 0.359. The van der Waals surface area contributed by atoms with E-state index < -0.39 is 0 Å². The largest absolute Gasteiger partial charge is 0.321 e. The standard InChI is InChI=1S/C11H15BrN4S/c1-8(11-9(12)4-6-17-11)13-5-3-10-15-14-7-16(10)2/h4,6-8,13H,3,5H2,1-2H3. The minimum absolute atomic E-state index is 0.359. The fourth-order valence-electron chi connectivity index (χ4n) is 1.64. The van der Waals surface area contributed by atoms with Gasteiger partial charge < -0.3 is 9.88 Å². The Balaban J connectivity index is 1.83. The molecule has 4 nitrogen and oxygen atoms in total. The first kappa shape index (κ1) is 12.7. The first-order valence-electron chi connectivity index (χ1n) is 5.47. The molecule has 0 aliphatic rings. The molecule has 0 radical (unpaired) electrons. The summed E-state index contributed by atoms with van der Waals surface area (Å²) in [5.74, 6) is 1.01. The van der Waals surface area contributed by atoms with E-state index in [1.54, 1.807) is 17.7 Å². The van der Waals surface area contributed by atoms with Crippen molar-refractivity contribution >= 4 is 27.3 Å². The van der Waals surface area contributed by atoms with Crippen LogP contribution in [0.25, 0.3) is 0 Å². The van der Waals surface area contributed by atoms with Crippen molar-refractivity contribution in [3.63, 3.8) is 0 Å². The van der Waals surface area contributed by atoms with Gasteiger partial charge in [0, 0.05) is 35.4 Å². The number of aromatic nitrogens is 3. The number of nitrogens with zero attached hydrogens (tertiary/aromatic N) is 3. The van der Waals surface area contributed by atoms with Gasteiger partial charge in [0.25, 0.3) is 0 Å². The lowest BCUT2D eigenvalue weighted by Crippen LogP contribution is -2.21. The van der Waals surface area contributed by atoms with Crippen LogP contribution in [0.3, 0.4) is 0 Å². The van der Waals surface area contributed by atoms with E-state index in [0.717, 1.165) is 18.8 Å². The van der Waals surface area contributed by atoms with Gasteiger partial charge >= 0.3 is 0 Å². The van der Waals surface area contributed by atoms with Gasteiger partial charge in [0.1, 0.15) is 12.2 Å². The fourth-order valence-corrected chi connectivity index (χ4v) is 3.39. The van der Waals surface area contributed by atoms with Crippen molar-refractivity contribution < 1.29 is 0 Å². The van der Waals surface area contributed by atoms with Crippen molar-refractivity contribution in [1.82, 2.24) is 20.1 Å². The molecule has 1 N–H and O–H groups in total. The highest BCUT2D eigenvalue weighted by Gasteiger charge is 2.10. The minimum Gasteiger partial charge on any atom is -0.321 e. The summed E-state index contributed by atoms with van der Waals surface area (Å²) in [4.78, 5) is 1.34. The lowest BCUT2D eigenvalue weighted by Gasteiger charge is -2.12. The molecule has 2 heterocycles. The highest BCUT2D eigenvalue weighted by Crippen LogP contribution is 2.28. The number of nitrogens with one attached hydrogen (secondary N) is 1. The van der Waals surface area contributed by atoms with Gasteiger partial charge in [-0.3, -0.25) is 0 Å². The van der Waals surface area contributed by atoms with Gasteiger partial charge in [-0.25, -0.2) is 0 Å². The predicted octanol–water partition coefficient (Wildman–Crippen LogP) is 2.53. The Morgan fingerprint density at radius 3 is 3.00 bits per heavy atom. The molecule has 2 aromatic heterocycles. The monoisotopic (exact) mass is 314 g/mol. The van der Waals surface area contributed by atoms with Gasteiger partial charge in [-0.05, 0) is 34.3 Å². The van der Waals surface area contributed by atoms with Crippen LogP contribution < -0.4 is 5.32 Å². The Morgan fingerprint density at radius 1 is 1.59 bits per heavy atom. The second-order valence-corrected chi connectivity index (χ2v) is 5.72. The number of aryl methyl sites for hydroxylation is 1. The molecule has 1 atom stereocenters. The summed E-state index contributed by atoms with van der Waals surface area (Å²) in [7, 11) is 1.97. The van der Waals surface area contributed by atoms with Crippen molar-refractivity contribution in [3.8, 4) is 0 Å². The Kier molecular flexibility index (Phi) is 4.31. The van der Waals surface area contributed by atoms with Crippen LogP contribution in [0.2, 0.25) is 0 Å². The Labute approximate surface area is 113 Å². The number of rotatable bonds is 5. The zero-order valence-corrected chi connectivity index (χ0v) is 12.3. The van der Waals surface area contributed by atoms with E-state index >= 15 is 0 Å². The zero-order valence-electron chi connectivity index (χ0n) is 9.85. The van der Waals surface area contributed by atoms with E-state index in [0.29, 0.717) is 6.04 Å². The van der Waals surface area contributed by atoms with Crippen molar-refractivity contribution in [3.05, 3.63) is 32.9 Å². The topological polar surface area (TPSA) is 42.7 Å². The molecule has 0 spiro atoms. The van der Waals surface area contributed by atoms with E-state index in [9.17, 15) is 0 Å². The summed E-state index contributed by atoms with van der Waals surface area (Å²) in [5.41, 5.74) is 0. The first-order chi connectivity index (χ1) is 8.18. The second kappa shape index (κ2) is 5.75. The molecule has 0 saturated carbocycles. The SMILES string of the molecule is CC(NCCc1nncn1C)c1sccc1Br. The number of hydrogen-bond acceptors (Lipinski definition) is 4. The van der Waals surface area contributed by atoms with E-state index in [-0.39, 0.29) is 0 Å². The van der Waals surface area contributed by atoms with Crippen LogP contribution in [0, 0.1) is 0 Å². The highest BCUT2D eigenvalue weighted by atomic mass is 79.9. The molecule has 6 heteroatoms. The summed E-state index contributed by atoms with van der Waals surface area (Å²) in [6.45, 7) is 3.07. The molecule has 2 rings (SSSR count). The van der Waals surface area contributed by atoms with Gasteiger partial charge in [0.2, 0.25) is 0 Å². The fraction of sp³-hybridized carbons (Fsp3) is 0.455. The second-order valence-electron chi connectivity index (χ2n) is 3.92. The van der Waals surface area contributed by atoms with E-state index in [2.05, 4.69) is 49.8 Å². The maximum atomic E-state index is 4.06. The molecule has 0 saturated heterocycles. The lowest BCUT2D eigenvalue weighted by atomic mass is 10.2. The molecular formula is C11H15BrN4S. The predicted molar refractivity (Wildman–Crippen MR) is 73.1 cm³/mol. The number of hydrogen-bond donors (Lipinski definition) is 1. The van der Waals surface area contributed by atoms with Gasteiger partial charge in [-0.15, -0.1) is 21.5 Å². The quantitative estimate of drug-likeness (QED) is 0.922. The van der Waals surface area contributed by atoms with E-state index in [1.165, 1.54) is 9.35 Å². The average Bonchev–Trinajstić information content (AvgIpc) is 2.88. The van der Waals surface area contributed by atoms with Crippen LogP contribution in [0.4, 0.5) is 0 Å².